The molecule has 0 amide bonds. The Hall–Kier alpha value is -6.34. The molecule has 0 aliphatic rings. The van der Waals surface area contributed by atoms with E-state index >= 15 is 0 Å². The number of hydrogen-bond acceptors (Lipinski definition) is 6. The van der Waals surface area contributed by atoms with Gasteiger partial charge in [-0.3, -0.25) is 0 Å². The zero-order valence-electron chi connectivity index (χ0n) is 27.8. The highest BCUT2D eigenvalue weighted by atomic mass is 32.1. The van der Waals surface area contributed by atoms with E-state index in [1.807, 2.05) is 30.3 Å². The van der Waals surface area contributed by atoms with Crippen LogP contribution in [-0.2, 0) is 0 Å². The van der Waals surface area contributed by atoms with Crippen molar-refractivity contribution in [3.8, 4) is 67.0 Å². The van der Waals surface area contributed by atoms with Gasteiger partial charge >= 0.3 is 0 Å². The molecule has 0 radical (unpaired) electrons. The third-order valence-corrected chi connectivity index (χ3v) is 11.6. The van der Waals surface area contributed by atoms with Crippen molar-refractivity contribution in [3.63, 3.8) is 0 Å². The lowest BCUT2D eigenvalue weighted by Crippen LogP contribution is -2.00. The lowest BCUT2D eigenvalue weighted by atomic mass is 10.0. The van der Waals surface area contributed by atoms with E-state index in [1.54, 1.807) is 22.7 Å². The Bertz CT molecular complexity index is 2860. The maximum atomic E-state index is 5.15. The summed E-state index contributed by atoms with van der Waals surface area (Å²) in [6.45, 7) is 0. The molecule has 3 heterocycles. The minimum atomic E-state index is 0.646. The molecule has 0 aliphatic heterocycles. The Balaban J connectivity index is 1.09. The number of fused-ring (bicyclic) bond motifs is 4. The fourth-order valence-electron chi connectivity index (χ4n) is 6.78. The Morgan fingerprint density at radius 1 is 0.327 bits per heavy atom. The van der Waals surface area contributed by atoms with E-state index in [1.165, 1.54) is 31.5 Å². The average Bonchev–Trinajstić information content (AvgIpc) is 3.81. The Kier molecular flexibility index (Phi) is 7.48. The average molecular weight is 701 g/mol. The smallest absolute Gasteiger partial charge is 0.164 e. The van der Waals surface area contributed by atoms with Gasteiger partial charge in [-0.2, -0.15) is 0 Å². The topological polar surface area (TPSA) is 51.6 Å². The van der Waals surface area contributed by atoms with Crippen LogP contribution in [0.15, 0.2) is 170 Å². The number of thiazole rings is 1. The number of aromatic nitrogens is 4. The summed E-state index contributed by atoms with van der Waals surface area (Å²) in [5.41, 5.74) is 9.76. The minimum Gasteiger partial charge on any atom is -0.236 e. The molecule has 0 spiro atoms. The first-order valence-electron chi connectivity index (χ1n) is 17.1. The third-order valence-electron chi connectivity index (χ3n) is 9.40. The Morgan fingerprint density at radius 3 is 1.44 bits per heavy atom. The predicted octanol–water partition coefficient (Wildman–Crippen LogP) is 12.9. The molecule has 52 heavy (non-hydrogen) atoms. The van der Waals surface area contributed by atoms with Crippen molar-refractivity contribution in [1.82, 2.24) is 19.9 Å². The van der Waals surface area contributed by atoms with Gasteiger partial charge in [-0.05, 0) is 40.5 Å². The largest absolute Gasteiger partial charge is 0.236 e. The molecule has 0 unspecified atom stereocenters. The van der Waals surface area contributed by atoms with Crippen LogP contribution in [0.4, 0.5) is 0 Å². The monoisotopic (exact) mass is 700 g/mol. The molecule has 7 aromatic carbocycles. The number of nitrogens with zero attached hydrogens (tertiary/aromatic N) is 4. The van der Waals surface area contributed by atoms with Crippen molar-refractivity contribution in [2.24, 2.45) is 0 Å². The highest BCUT2D eigenvalue weighted by Crippen LogP contribution is 2.43. The second-order valence-corrected chi connectivity index (χ2v) is 14.8. The maximum Gasteiger partial charge on any atom is 0.164 e. The zero-order chi connectivity index (χ0) is 34.4. The molecule has 244 valence electrons. The predicted molar refractivity (Wildman–Crippen MR) is 219 cm³/mol. The highest BCUT2D eigenvalue weighted by Gasteiger charge is 2.18. The summed E-state index contributed by atoms with van der Waals surface area (Å²) in [5, 5.41) is 3.36. The van der Waals surface area contributed by atoms with Gasteiger partial charge in [-0.1, -0.05) is 152 Å². The van der Waals surface area contributed by atoms with Crippen molar-refractivity contribution in [3.05, 3.63) is 170 Å². The van der Waals surface area contributed by atoms with E-state index in [-0.39, 0.29) is 0 Å². The lowest BCUT2D eigenvalue weighted by Gasteiger charge is -2.10. The molecule has 0 saturated carbocycles. The van der Waals surface area contributed by atoms with Gasteiger partial charge in [-0.25, -0.2) is 19.9 Å². The number of benzene rings is 7. The van der Waals surface area contributed by atoms with Gasteiger partial charge in [0.15, 0.2) is 17.5 Å². The minimum absolute atomic E-state index is 0.646. The van der Waals surface area contributed by atoms with Crippen LogP contribution in [0, 0.1) is 0 Å². The Morgan fingerprint density at radius 2 is 0.827 bits per heavy atom. The standard InChI is InChI=1S/C46H28N4S2/c1-4-11-29(12-5-1)31-19-23-34(24-20-31)44-48-43(33-15-8-3-9-16-33)49-45(50-44)36-17-10-18-39-42(36)37-27-41-38(28-40(37)51-39)47-46(52-41)35-25-21-32(22-26-35)30-13-6-2-7-14-30/h1-28H. The van der Waals surface area contributed by atoms with E-state index < -0.39 is 0 Å². The molecular weight excluding hydrogens is 673 g/mol. The summed E-state index contributed by atoms with van der Waals surface area (Å²) in [6, 6.07) is 59.2. The SMILES string of the molecule is c1ccc(-c2ccc(-c3nc(-c4ccccc4)nc(-c4cccc5sc6cc7nc(-c8ccc(-c9ccccc9)cc8)sc7cc6c45)n3)cc2)cc1. The molecule has 0 saturated heterocycles. The molecule has 0 bridgehead atoms. The van der Waals surface area contributed by atoms with Crippen LogP contribution in [0.5, 0.6) is 0 Å². The van der Waals surface area contributed by atoms with E-state index in [9.17, 15) is 0 Å². The van der Waals surface area contributed by atoms with E-state index in [4.69, 9.17) is 19.9 Å². The van der Waals surface area contributed by atoms with Gasteiger partial charge in [0.25, 0.3) is 0 Å². The number of rotatable bonds is 6. The number of thiophene rings is 1. The number of hydrogen-bond donors (Lipinski definition) is 0. The first kappa shape index (κ1) is 30.5. The van der Waals surface area contributed by atoms with Gasteiger partial charge in [0.2, 0.25) is 0 Å². The lowest BCUT2D eigenvalue weighted by molar-refractivity contribution is 1.08. The van der Waals surface area contributed by atoms with Crippen LogP contribution in [-0.4, -0.2) is 19.9 Å². The molecule has 4 nitrogen and oxygen atoms in total. The second-order valence-electron chi connectivity index (χ2n) is 12.7. The second kappa shape index (κ2) is 12.8. The first-order chi connectivity index (χ1) is 25.7. The fourth-order valence-corrected chi connectivity index (χ4v) is 8.92. The Labute approximate surface area is 308 Å². The fraction of sp³-hybridized carbons (Fsp3) is 0. The highest BCUT2D eigenvalue weighted by molar-refractivity contribution is 7.26. The molecule has 0 N–H and O–H groups in total. The summed E-state index contributed by atoms with van der Waals surface area (Å²) >= 11 is 3.52. The van der Waals surface area contributed by atoms with Gasteiger partial charge in [0, 0.05) is 42.4 Å². The van der Waals surface area contributed by atoms with Crippen molar-refractivity contribution >= 4 is 53.1 Å². The normalized spacial score (nSPS) is 11.5. The molecular formula is C46H28N4S2. The van der Waals surface area contributed by atoms with Crippen LogP contribution in [0.2, 0.25) is 0 Å². The van der Waals surface area contributed by atoms with Gasteiger partial charge in [-0.15, -0.1) is 22.7 Å². The van der Waals surface area contributed by atoms with Crippen molar-refractivity contribution < 1.29 is 0 Å². The zero-order valence-corrected chi connectivity index (χ0v) is 29.4. The summed E-state index contributed by atoms with van der Waals surface area (Å²) < 4.78 is 3.54. The van der Waals surface area contributed by atoms with Gasteiger partial charge < -0.3 is 0 Å². The van der Waals surface area contributed by atoms with E-state index in [2.05, 4.69) is 140 Å². The van der Waals surface area contributed by atoms with Gasteiger partial charge in [0.1, 0.15) is 5.01 Å². The van der Waals surface area contributed by atoms with Crippen LogP contribution in [0.3, 0.4) is 0 Å². The van der Waals surface area contributed by atoms with Crippen molar-refractivity contribution in [2.75, 3.05) is 0 Å². The molecule has 0 fully saturated rings. The van der Waals surface area contributed by atoms with E-state index in [0.29, 0.717) is 17.5 Å². The molecule has 6 heteroatoms. The van der Waals surface area contributed by atoms with Crippen molar-refractivity contribution in [2.45, 2.75) is 0 Å². The van der Waals surface area contributed by atoms with Gasteiger partial charge in [0.05, 0.1) is 10.2 Å². The maximum absolute atomic E-state index is 5.15. The first-order valence-corrected chi connectivity index (χ1v) is 18.8. The van der Waals surface area contributed by atoms with E-state index in [0.717, 1.165) is 48.4 Å². The van der Waals surface area contributed by atoms with Crippen molar-refractivity contribution in [1.29, 1.82) is 0 Å². The quantitative estimate of drug-likeness (QED) is 0.173. The molecule has 10 aromatic rings. The van der Waals surface area contributed by atoms with Crippen LogP contribution < -0.4 is 0 Å². The molecule has 3 aromatic heterocycles. The van der Waals surface area contributed by atoms with Crippen LogP contribution >= 0.6 is 22.7 Å². The molecule has 0 aliphatic carbocycles. The molecule has 0 atom stereocenters. The van der Waals surface area contributed by atoms with Crippen LogP contribution in [0.1, 0.15) is 0 Å². The summed E-state index contributed by atoms with van der Waals surface area (Å²) in [6.07, 6.45) is 0. The summed E-state index contributed by atoms with van der Waals surface area (Å²) in [5.74, 6) is 1.95. The van der Waals surface area contributed by atoms with Crippen LogP contribution in [0.25, 0.3) is 97.4 Å². The summed E-state index contributed by atoms with van der Waals surface area (Å²) in [7, 11) is 0. The third kappa shape index (κ3) is 5.55. The molecule has 10 rings (SSSR count). The summed E-state index contributed by atoms with van der Waals surface area (Å²) in [4.78, 5) is 20.3.